The maximum atomic E-state index is 13.4. The van der Waals surface area contributed by atoms with Crippen LogP contribution in [-0.4, -0.2) is 77.1 Å². The first kappa shape index (κ1) is 30.0. The topological polar surface area (TPSA) is 138 Å². The van der Waals surface area contributed by atoms with E-state index in [-0.39, 0.29) is 34.3 Å². The average molecular weight is 603 g/mol. The average Bonchev–Trinajstić information content (AvgIpc) is 3.27. The first-order chi connectivity index (χ1) is 18.9. The van der Waals surface area contributed by atoms with E-state index in [4.69, 9.17) is 26.2 Å². The molecule has 11 nitrogen and oxygen atoms in total. The van der Waals surface area contributed by atoms with Crippen LogP contribution in [0, 0.1) is 12.3 Å². The molecule has 3 N–H and O–H groups in total. The number of carbonyl (C=O) groups excluding carboxylic acids is 1. The van der Waals surface area contributed by atoms with Crippen molar-refractivity contribution in [1.29, 1.82) is 5.41 Å². The molecule has 1 amide bonds. The first-order valence-electron chi connectivity index (χ1n) is 12.9. The number of likely N-dealkylation sites (tertiary alicyclic amines) is 1. The third kappa shape index (κ3) is 7.20. The van der Waals surface area contributed by atoms with Crippen molar-refractivity contribution in [3.8, 4) is 5.88 Å². The number of carbonyl (C=O) groups is 1. The molecule has 1 aliphatic rings. The van der Waals surface area contributed by atoms with Crippen molar-refractivity contribution >= 4 is 60.1 Å². The molecule has 0 spiro atoms. The minimum absolute atomic E-state index is 0.0876. The van der Waals surface area contributed by atoms with E-state index < -0.39 is 14.4 Å². The van der Waals surface area contributed by atoms with Crippen molar-refractivity contribution in [3.05, 3.63) is 46.3 Å². The van der Waals surface area contributed by atoms with Gasteiger partial charge >= 0.3 is 0 Å². The number of ether oxygens (including phenoxy) is 1. The minimum Gasteiger partial charge on any atom is -0.462 e. The zero-order valence-electron chi connectivity index (χ0n) is 23.5. The number of nitrogens with one attached hydrogen (secondary N) is 3. The van der Waals surface area contributed by atoms with Gasteiger partial charge in [0.25, 0.3) is 5.91 Å². The molecule has 4 heterocycles. The highest BCUT2D eigenvalue weighted by Gasteiger charge is 2.42. The third-order valence-electron chi connectivity index (χ3n) is 7.00. The van der Waals surface area contributed by atoms with E-state index in [0.29, 0.717) is 35.6 Å². The molecule has 14 heteroatoms. The van der Waals surface area contributed by atoms with E-state index in [0.717, 1.165) is 11.1 Å². The van der Waals surface area contributed by atoms with Crippen molar-refractivity contribution in [1.82, 2.24) is 24.8 Å². The molecule has 1 unspecified atom stereocenters. The van der Waals surface area contributed by atoms with Crippen molar-refractivity contribution in [2.24, 2.45) is 0 Å². The second kappa shape index (κ2) is 12.3. The molecular formula is C26H35ClN8O3SSi. The van der Waals surface area contributed by atoms with Crippen LogP contribution < -0.4 is 15.4 Å². The molecule has 0 bridgehead atoms. The van der Waals surface area contributed by atoms with E-state index in [1.165, 1.54) is 17.7 Å². The summed E-state index contributed by atoms with van der Waals surface area (Å²) in [5, 5.41) is 14.9. The zero-order chi connectivity index (χ0) is 29.1. The first-order valence-corrected chi connectivity index (χ1v) is 17.0. The second-order valence-electron chi connectivity index (χ2n) is 11.1. The van der Waals surface area contributed by atoms with Crippen LogP contribution in [0.1, 0.15) is 31.2 Å². The summed E-state index contributed by atoms with van der Waals surface area (Å²) in [4.78, 5) is 33.4. The number of thiazole rings is 1. The molecule has 1 atom stereocenters. The van der Waals surface area contributed by atoms with Crippen LogP contribution >= 0.6 is 22.9 Å². The number of rotatable bonds is 11. The highest BCUT2D eigenvalue weighted by molar-refractivity contribution is 7.15. The van der Waals surface area contributed by atoms with E-state index >= 15 is 0 Å². The number of nitrogens with zero attached hydrogens (tertiary/aromatic N) is 5. The molecule has 1 aliphatic heterocycles. The number of amides is 1. The molecule has 3 aromatic rings. The Labute approximate surface area is 244 Å². The van der Waals surface area contributed by atoms with Crippen molar-refractivity contribution in [3.63, 3.8) is 0 Å². The predicted molar refractivity (Wildman–Crippen MR) is 161 cm³/mol. The Morgan fingerprint density at radius 1 is 1.27 bits per heavy atom. The second-order valence-corrected chi connectivity index (χ2v) is 17.5. The van der Waals surface area contributed by atoms with E-state index in [2.05, 4.69) is 69.3 Å². The monoisotopic (exact) mass is 602 g/mol. The number of aromatic nitrogens is 4. The van der Waals surface area contributed by atoms with Gasteiger partial charge in [-0.05, 0) is 37.2 Å². The summed E-state index contributed by atoms with van der Waals surface area (Å²) in [6, 6.07) is 3.40. The highest BCUT2D eigenvalue weighted by atomic mass is 35.5. The lowest BCUT2D eigenvalue weighted by atomic mass is 10.1. The number of anilines is 3. The minimum atomic E-state index is -1.90. The molecule has 0 aliphatic carbocycles. The Bertz CT molecular complexity index is 1360. The molecule has 0 aromatic carbocycles. The maximum absolute atomic E-state index is 13.4. The van der Waals surface area contributed by atoms with Crippen molar-refractivity contribution in [2.75, 3.05) is 30.3 Å². The quantitative estimate of drug-likeness (QED) is 0.201. The maximum Gasteiger partial charge on any atom is 0.268 e. The molecule has 0 saturated carbocycles. The number of pyridine rings is 1. The fraction of sp³-hybridized carbons (Fsp3) is 0.462. The van der Waals surface area contributed by atoms with Gasteiger partial charge in [-0.25, -0.2) is 19.9 Å². The number of aryl methyl sites for hydroxylation is 1. The SMILES string of the molecule is Cc1cnc(NC(=O)C(CN2CC(O[Si](C)(C)C(C)(C)C)C2)Oc2ncnc(Nc3ncccc3Cl)c2C=N)s1. The number of halogens is 1. The Morgan fingerprint density at radius 2 is 2.02 bits per heavy atom. The summed E-state index contributed by atoms with van der Waals surface area (Å²) < 4.78 is 12.7. The smallest absolute Gasteiger partial charge is 0.268 e. The molecule has 1 fully saturated rings. The molecule has 3 aromatic heterocycles. The van der Waals surface area contributed by atoms with Gasteiger partial charge in [0.1, 0.15) is 18.0 Å². The summed E-state index contributed by atoms with van der Waals surface area (Å²) in [6.45, 7) is 14.8. The molecular weight excluding hydrogens is 568 g/mol. The van der Waals surface area contributed by atoms with Gasteiger partial charge in [-0.15, -0.1) is 11.3 Å². The number of hydrogen-bond acceptors (Lipinski definition) is 11. The lowest BCUT2D eigenvalue weighted by molar-refractivity contribution is -0.125. The third-order valence-corrected chi connectivity index (χ3v) is 12.7. The lowest BCUT2D eigenvalue weighted by Gasteiger charge is -2.46. The van der Waals surface area contributed by atoms with Gasteiger partial charge in [-0.1, -0.05) is 32.4 Å². The molecule has 214 valence electrons. The van der Waals surface area contributed by atoms with Gasteiger partial charge in [0, 0.05) is 43.1 Å². The standard InChI is InChI=1S/C26H35ClN8O3SSi/c1-16-11-30-25(39-16)34-23(36)20(14-35-12-17(13-35)38-40(5,6)26(2,3)4)37-24-18(10-28)21(31-15-32-24)33-22-19(27)8-7-9-29-22/h7-11,15,17,20,28H,12-14H2,1-6H3,(H,30,34,36)(H,29,31,32,33). The molecule has 1 saturated heterocycles. The summed E-state index contributed by atoms with van der Waals surface area (Å²) in [7, 11) is -1.90. The van der Waals surface area contributed by atoms with Crippen molar-refractivity contribution in [2.45, 2.75) is 58.0 Å². The molecule has 40 heavy (non-hydrogen) atoms. The largest absolute Gasteiger partial charge is 0.462 e. The van der Waals surface area contributed by atoms with Crippen molar-refractivity contribution < 1.29 is 14.0 Å². The summed E-state index contributed by atoms with van der Waals surface area (Å²) in [5.41, 5.74) is 0.259. The summed E-state index contributed by atoms with van der Waals surface area (Å²) in [6.07, 6.45) is 4.84. The van der Waals surface area contributed by atoms with Crippen LogP contribution in [0.5, 0.6) is 5.88 Å². The van der Waals surface area contributed by atoms with Gasteiger partial charge in [0.15, 0.2) is 19.6 Å². The van der Waals surface area contributed by atoms with E-state index in [1.807, 2.05) is 6.92 Å². The van der Waals surface area contributed by atoms with Gasteiger partial charge in [-0.3, -0.25) is 15.0 Å². The Kier molecular flexibility index (Phi) is 9.20. The van der Waals surface area contributed by atoms with E-state index in [9.17, 15) is 4.79 Å². The number of hydrogen-bond donors (Lipinski definition) is 3. The molecule has 0 radical (unpaired) electrons. The fourth-order valence-corrected chi connectivity index (χ4v) is 5.95. The van der Waals surface area contributed by atoms with Crippen LogP contribution in [0.15, 0.2) is 30.9 Å². The Balaban J connectivity index is 1.51. The normalized spacial score (nSPS) is 15.3. The van der Waals surface area contributed by atoms with Gasteiger partial charge in [0.2, 0.25) is 5.88 Å². The highest BCUT2D eigenvalue weighted by Crippen LogP contribution is 2.38. The lowest BCUT2D eigenvalue weighted by Crippen LogP contribution is -2.60. The van der Waals surface area contributed by atoms with Crippen LogP contribution in [0.2, 0.25) is 23.2 Å². The van der Waals surface area contributed by atoms with Gasteiger partial charge < -0.3 is 19.9 Å². The summed E-state index contributed by atoms with van der Waals surface area (Å²) in [5.74, 6) is 0.380. The Hall–Kier alpha value is -2.97. The predicted octanol–water partition coefficient (Wildman–Crippen LogP) is 5.12. The Morgan fingerprint density at radius 3 is 2.65 bits per heavy atom. The fourth-order valence-electron chi connectivity index (χ4n) is 3.77. The van der Waals surface area contributed by atoms with Gasteiger partial charge in [-0.2, -0.15) is 0 Å². The molecule has 4 rings (SSSR count). The zero-order valence-corrected chi connectivity index (χ0v) is 26.1. The van der Waals surface area contributed by atoms with Crippen LogP contribution in [0.3, 0.4) is 0 Å². The van der Waals surface area contributed by atoms with Gasteiger partial charge in [0.05, 0.1) is 16.7 Å². The summed E-state index contributed by atoms with van der Waals surface area (Å²) >= 11 is 7.62. The van der Waals surface area contributed by atoms with Crippen LogP contribution in [0.25, 0.3) is 0 Å². The van der Waals surface area contributed by atoms with E-state index in [1.54, 1.807) is 24.5 Å². The van der Waals surface area contributed by atoms with Crippen LogP contribution in [0.4, 0.5) is 16.8 Å². The van der Waals surface area contributed by atoms with Crippen LogP contribution in [-0.2, 0) is 9.22 Å².